The van der Waals surface area contributed by atoms with E-state index in [4.69, 9.17) is 21.1 Å². The van der Waals surface area contributed by atoms with Gasteiger partial charge in [0.15, 0.2) is 5.78 Å². The normalized spacial score (nSPS) is 14.3. The van der Waals surface area contributed by atoms with Crippen molar-refractivity contribution < 1.29 is 58.8 Å². The summed E-state index contributed by atoms with van der Waals surface area (Å²) in [5, 5.41) is 21.1. The Balaban J connectivity index is 0.00000324. The summed E-state index contributed by atoms with van der Waals surface area (Å²) in [7, 11) is 0. The van der Waals surface area contributed by atoms with Crippen LogP contribution in [0.5, 0.6) is 23.0 Å². The van der Waals surface area contributed by atoms with Gasteiger partial charge >= 0.3 is 29.6 Å². The van der Waals surface area contributed by atoms with Crippen molar-refractivity contribution in [1.29, 1.82) is 0 Å². The first-order valence-electron chi connectivity index (χ1n) is 10.7. The zero-order valence-electron chi connectivity index (χ0n) is 18.8. The van der Waals surface area contributed by atoms with Gasteiger partial charge in [0, 0.05) is 35.5 Å². The Morgan fingerprint density at radius 2 is 1.88 bits per heavy atom. The van der Waals surface area contributed by atoms with E-state index in [1.54, 1.807) is 48.5 Å². The quantitative estimate of drug-likeness (QED) is 0.383. The molecule has 0 radical (unpaired) electrons. The molecule has 0 bridgehead atoms. The van der Waals surface area contributed by atoms with Crippen LogP contribution in [0, 0.1) is 0 Å². The smallest absolute Gasteiger partial charge is 0.549 e. The van der Waals surface area contributed by atoms with Gasteiger partial charge < -0.3 is 24.5 Å². The maximum Gasteiger partial charge on any atom is 1.00 e. The SMILES string of the molecule is O=C(CCCc1cccc(O)c1)c1ccc(Oc2cc3c(cc2Cl)C(C(=O)[O-])CCO3)cc1.[Na+]. The Labute approximate surface area is 224 Å². The number of rotatable bonds is 8. The van der Waals surface area contributed by atoms with Gasteiger partial charge in [0.2, 0.25) is 0 Å². The summed E-state index contributed by atoms with van der Waals surface area (Å²) < 4.78 is 11.4. The van der Waals surface area contributed by atoms with Crippen molar-refractivity contribution in [2.75, 3.05) is 6.61 Å². The Bertz CT molecular complexity index is 1180. The third-order valence-corrected chi connectivity index (χ3v) is 5.87. The van der Waals surface area contributed by atoms with Crippen LogP contribution in [0.1, 0.15) is 46.7 Å². The summed E-state index contributed by atoms with van der Waals surface area (Å²) in [6, 6.07) is 16.9. The van der Waals surface area contributed by atoms with Crippen molar-refractivity contribution in [2.24, 2.45) is 0 Å². The number of ketones is 1. The first-order valence-corrected chi connectivity index (χ1v) is 11.0. The van der Waals surface area contributed by atoms with Crippen LogP contribution in [0.2, 0.25) is 5.02 Å². The number of benzene rings is 3. The molecule has 0 aliphatic carbocycles. The molecule has 0 amide bonds. The van der Waals surface area contributed by atoms with Crippen LogP contribution in [0.25, 0.3) is 0 Å². The molecule has 0 saturated heterocycles. The number of aliphatic carboxylic acids is 1. The van der Waals surface area contributed by atoms with Crippen molar-refractivity contribution in [2.45, 2.75) is 31.6 Å². The molecule has 170 valence electrons. The Kier molecular flexibility index (Phi) is 9.03. The summed E-state index contributed by atoms with van der Waals surface area (Å²) in [6.07, 6.45) is 2.11. The fourth-order valence-electron chi connectivity index (χ4n) is 3.86. The molecule has 4 rings (SSSR count). The molecule has 3 aromatic carbocycles. The topological polar surface area (TPSA) is 95.9 Å². The van der Waals surface area contributed by atoms with Crippen molar-refractivity contribution >= 4 is 23.4 Å². The van der Waals surface area contributed by atoms with Gasteiger partial charge in [-0.1, -0.05) is 23.7 Å². The first kappa shape index (κ1) is 26.1. The molecule has 6 nitrogen and oxygen atoms in total. The van der Waals surface area contributed by atoms with Crippen molar-refractivity contribution in [3.63, 3.8) is 0 Å². The van der Waals surface area contributed by atoms with E-state index in [9.17, 15) is 19.8 Å². The zero-order valence-corrected chi connectivity index (χ0v) is 21.5. The van der Waals surface area contributed by atoms with E-state index in [0.29, 0.717) is 54.1 Å². The number of halogens is 1. The van der Waals surface area contributed by atoms with Gasteiger partial charge in [-0.3, -0.25) is 4.79 Å². The molecule has 1 N–H and O–H groups in total. The summed E-state index contributed by atoms with van der Waals surface area (Å²) in [5.41, 5.74) is 2.04. The fraction of sp³-hybridized carbons (Fsp3) is 0.231. The number of hydrogen-bond donors (Lipinski definition) is 1. The molecule has 0 fully saturated rings. The number of phenolic OH excluding ortho intramolecular Hbond substituents is 1. The largest absolute Gasteiger partial charge is 1.00 e. The summed E-state index contributed by atoms with van der Waals surface area (Å²) in [6.45, 7) is 0.273. The van der Waals surface area contributed by atoms with E-state index in [2.05, 4.69) is 0 Å². The van der Waals surface area contributed by atoms with Crippen LogP contribution < -0.4 is 44.1 Å². The first-order chi connectivity index (χ1) is 15.9. The van der Waals surface area contributed by atoms with Gasteiger partial charge in [-0.15, -0.1) is 0 Å². The Morgan fingerprint density at radius 1 is 1.12 bits per heavy atom. The molecule has 1 atom stereocenters. The minimum Gasteiger partial charge on any atom is -0.549 e. The molecular formula is C26H22ClNaO6. The van der Waals surface area contributed by atoms with Crippen molar-refractivity contribution in [3.8, 4) is 23.0 Å². The summed E-state index contributed by atoms with van der Waals surface area (Å²) in [5.74, 6) is -0.452. The predicted molar refractivity (Wildman–Crippen MR) is 121 cm³/mol. The number of carboxylic acid groups (broad SMARTS) is 1. The molecule has 3 aromatic rings. The van der Waals surface area contributed by atoms with Gasteiger partial charge in [0.25, 0.3) is 0 Å². The molecule has 0 spiro atoms. The van der Waals surface area contributed by atoms with Crippen LogP contribution in [-0.2, 0) is 11.2 Å². The number of carbonyl (C=O) groups is 2. The van der Waals surface area contributed by atoms with E-state index < -0.39 is 11.9 Å². The van der Waals surface area contributed by atoms with E-state index in [1.807, 2.05) is 6.07 Å². The second kappa shape index (κ2) is 11.8. The number of carboxylic acids is 1. The van der Waals surface area contributed by atoms with Gasteiger partial charge in [0.1, 0.15) is 23.0 Å². The van der Waals surface area contributed by atoms with Gasteiger partial charge in [-0.25, -0.2) is 0 Å². The number of phenols is 1. The van der Waals surface area contributed by atoms with Crippen LogP contribution in [-0.4, -0.2) is 23.5 Å². The van der Waals surface area contributed by atoms with Gasteiger partial charge in [-0.05, 0) is 67.3 Å². The molecule has 34 heavy (non-hydrogen) atoms. The predicted octanol–water partition coefficient (Wildman–Crippen LogP) is 1.66. The molecule has 1 aliphatic heterocycles. The molecule has 0 saturated carbocycles. The summed E-state index contributed by atoms with van der Waals surface area (Å²) in [4.78, 5) is 23.9. The molecule has 0 aromatic heterocycles. The van der Waals surface area contributed by atoms with Gasteiger partial charge in [0.05, 0.1) is 11.6 Å². The van der Waals surface area contributed by atoms with E-state index in [-0.39, 0.29) is 52.7 Å². The average molecular weight is 489 g/mol. The minimum atomic E-state index is -1.16. The zero-order chi connectivity index (χ0) is 23.4. The minimum absolute atomic E-state index is 0. The number of fused-ring (bicyclic) bond motifs is 1. The molecule has 1 unspecified atom stereocenters. The van der Waals surface area contributed by atoms with Crippen molar-refractivity contribution in [1.82, 2.24) is 0 Å². The maximum atomic E-state index is 12.5. The number of aromatic hydroxyl groups is 1. The molecular weight excluding hydrogens is 467 g/mol. The van der Waals surface area contributed by atoms with Crippen LogP contribution >= 0.6 is 11.6 Å². The van der Waals surface area contributed by atoms with Crippen LogP contribution in [0.15, 0.2) is 60.7 Å². The average Bonchev–Trinajstić information content (AvgIpc) is 2.79. The fourth-order valence-corrected chi connectivity index (χ4v) is 4.07. The van der Waals surface area contributed by atoms with Crippen molar-refractivity contribution in [3.05, 3.63) is 82.4 Å². The standard InChI is InChI=1S/C26H23ClO6.Na/c27-22-14-21-20(26(30)31)11-12-32-24(21)15-25(22)33-19-9-7-17(8-10-19)23(29)6-2-4-16-3-1-5-18(28)13-16;/h1,3,5,7-10,13-15,20,28H,2,4,6,11-12H2,(H,30,31);/q;+1/p-1. The second-order valence-electron chi connectivity index (χ2n) is 7.90. The van der Waals surface area contributed by atoms with Crippen LogP contribution in [0.3, 0.4) is 0 Å². The Hall–Kier alpha value is -2.51. The van der Waals surface area contributed by atoms with Crippen LogP contribution in [0.4, 0.5) is 0 Å². The number of carbonyl (C=O) groups excluding carboxylic acids is 2. The number of Topliss-reactive ketones (excluding diaryl/α,β-unsaturated/α-hetero) is 1. The number of aryl methyl sites for hydroxylation is 1. The van der Waals surface area contributed by atoms with E-state index in [0.717, 1.165) is 5.56 Å². The Morgan fingerprint density at radius 3 is 2.59 bits per heavy atom. The second-order valence-corrected chi connectivity index (χ2v) is 8.31. The van der Waals surface area contributed by atoms with E-state index in [1.165, 1.54) is 6.07 Å². The molecule has 1 heterocycles. The summed E-state index contributed by atoms with van der Waals surface area (Å²) >= 11 is 6.32. The van der Waals surface area contributed by atoms with E-state index >= 15 is 0 Å². The monoisotopic (exact) mass is 488 g/mol. The number of ether oxygens (including phenoxy) is 2. The van der Waals surface area contributed by atoms with Gasteiger partial charge in [-0.2, -0.15) is 0 Å². The molecule has 8 heteroatoms. The number of hydrogen-bond acceptors (Lipinski definition) is 6. The maximum absolute atomic E-state index is 12.5. The molecule has 1 aliphatic rings. The third-order valence-electron chi connectivity index (χ3n) is 5.57. The third kappa shape index (κ3) is 6.33.